The molecule has 0 spiro atoms. The van der Waals surface area contributed by atoms with Crippen LogP contribution in [0.25, 0.3) is 11.4 Å². The molecule has 0 aliphatic rings. The molecule has 1 heterocycles. The summed E-state index contributed by atoms with van der Waals surface area (Å²) in [4.78, 5) is 4.29. The number of para-hydroxylation sites is 1. The van der Waals surface area contributed by atoms with E-state index < -0.39 is 0 Å². The summed E-state index contributed by atoms with van der Waals surface area (Å²) in [6.45, 7) is 2.17. The Hall–Kier alpha value is -2.04. The van der Waals surface area contributed by atoms with E-state index in [4.69, 9.17) is 32.5 Å². The molecule has 0 N–H and O–H groups in total. The predicted octanol–water partition coefficient (Wildman–Crippen LogP) is 4.93. The zero-order valence-corrected chi connectivity index (χ0v) is 13.2. The monoisotopic (exact) mass is 334 g/mol. The Balaban J connectivity index is 1.75. The first-order valence-electron chi connectivity index (χ1n) is 6.60. The maximum atomic E-state index is 6.13. The molecule has 0 aliphatic carbocycles. The summed E-state index contributed by atoms with van der Waals surface area (Å²) >= 11 is 12.0. The lowest BCUT2D eigenvalue weighted by Crippen LogP contribution is -1.97. The van der Waals surface area contributed by atoms with Crippen LogP contribution in [0.4, 0.5) is 0 Å². The fourth-order valence-corrected chi connectivity index (χ4v) is 2.44. The van der Waals surface area contributed by atoms with Gasteiger partial charge in [-0.25, -0.2) is 0 Å². The highest BCUT2D eigenvalue weighted by atomic mass is 35.5. The third kappa shape index (κ3) is 3.24. The average molecular weight is 335 g/mol. The van der Waals surface area contributed by atoms with E-state index in [-0.39, 0.29) is 6.61 Å². The van der Waals surface area contributed by atoms with E-state index in [1.807, 2.05) is 31.2 Å². The van der Waals surface area contributed by atoms with E-state index in [2.05, 4.69) is 10.1 Å². The van der Waals surface area contributed by atoms with Gasteiger partial charge in [-0.2, -0.15) is 4.98 Å². The summed E-state index contributed by atoms with van der Waals surface area (Å²) in [5, 5.41) is 4.95. The first kappa shape index (κ1) is 14.9. The van der Waals surface area contributed by atoms with Crippen LogP contribution < -0.4 is 4.74 Å². The number of ether oxygens (including phenoxy) is 1. The van der Waals surface area contributed by atoms with E-state index in [0.717, 1.165) is 11.3 Å². The molecule has 1 aromatic heterocycles. The molecule has 3 aromatic rings. The van der Waals surface area contributed by atoms with Crippen LogP contribution in [0, 0.1) is 6.92 Å². The van der Waals surface area contributed by atoms with Crippen LogP contribution >= 0.6 is 23.2 Å². The van der Waals surface area contributed by atoms with Crippen LogP contribution in [0.15, 0.2) is 47.0 Å². The van der Waals surface area contributed by atoms with Crippen molar-refractivity contribution >= 4 is 23.2 Å². The zero-order chi connectivity index (χ0) is 15.5. The number of halogens is 2. The lowest BCUT2D eigenvalue weighted by Gasteiger charge is -2.05. The molecule has 0 unspecified atom stereocenters. The Bertz CT molecular complexity index is 802. The first-order valence-corrected chi connectivity index (χ1v) is 7.35. The summed E-state index contributed by atoms with van der Waals surface area (Å²) < 4.78 is 10.9. The Morgan fingerprint density at radius 2 is 1.95 bits per heavy atom. The molecule has 0 saturated carbocycles. The average Bonchev–Trinajstić information content (AvgIpc) is 2.95. The van der Waals surface area contributed by atoms with Gasteiger partial charge in [0.05, 0.1) is 5.02 Å². The highest BCUT2D eigenvalue weighted by Gasteiger charge is 2.13. The Kier molecular flexibility index (Phi) is 4.32. The summed E-state index contributed by atoms with van der Waals surface area (Å²) in [7, 11) is 0. The van der Waals surface area contributed by atoms with Crippen LogP contribution in [0.3, 0.4) is 0 Å². The van der Waals surface area contributed by atoms with Crippen molar-refractivity contribution in [3.8, 4) is 17.1 Å². The van der Waals surface area contributed by atoms with Gasteiger partial charge in [0.1, 0.15) is 5.75 Å². The molecule has 0 atom stereocenters. The number of hydrogen-bond donors (Lipinski definition) is 0. The van der Waals surface area contributed by atoms with Crippen molar-refractivity contribution in [2.75, 3.05) is 0 Å². The maximum Gasteiger partial charge on any atom is 0.264 e. The molecule has 4 nitrogen and oxygen atoms in total. The Morgan fingerprint density at radius 3 is 2.73 bits per heavy atom. The van der Waals surface area contributed by atoms with Crippen molar-refractivity contribution < 1.29 is 9.26 Å². The number of aromatic nitrogens is 2. The first-order chi connectivity index (χ1) is 10.6. The third-order valence-corrected chi connectivity index (χ3v) is 3.63. The number of benzene rings is 2. The predicted molar refractivity (Wildman–Crippen MR) is 85.3 cm³/mol. The Labute approximate surface area is 137 Å². The van der Waals surface area contributed by atoms with Gasteiger partial charge in [-0.3, -0.25) is 0 Å². The van der Waals surface area contributed by atoms with Gasteiger partial charge in [-0.15, -0.1) is 0 Å². The zero-order valence-electron chi connectivity index (χ0n) is 11.7. The van der Waals surface area contributed by atoms with E-state index in [9.17, 15) is 0 Å². The maximum absolute atomic E-state index is 6.13. The molecule has 0 aliphatic heterocycles. The summed E-state index contributed by atoms with van der Waals surface area (Å²) in [5.74, 6) is 1.57. The number of nitrogens with zero attached hydrogens (tertiary/aromatic N) is 2. The summed E-state index contributed by atoms with van der Waals surface area (Å²) in [6, 6.07) is 12.8. The quantitative estimate of drug-likeness (QED) is 0.678. The van der Waals surface area contributed by atoms with Crippen molar-refractivity contribution in [3.63, 3.8) is 0 Å². The van der Waals surface area contributed by atoms with Crippen molar-refractivity contribution in [1.29, 1.82) is 0 Å². The topological polar surface area (TPSA) is 48.2 Å². The fraction of sp³-hybridized carbons (Fsp3) is 0.125. The minimum absolute atomic E-state index is 0.197. The van der Waals surface area contributed by atoms with Gasteiger partial charge in [0.2, 0.25) is 5.82 Å². The van der Waals surface area contributed by atoms with Crippen molar-refractivity contribution in [2.24, 2.45) is 0 Å². The van der Waals surface area contributed by atoms with Gasteiger partial charge in [0.25, 0.3) is 5.89 Å². The van der Waals surface area contributed by atoms with Crippen molar-refractivity contribution in [2.45, 2.75) is 13.5 Å². The Morgan fingerprint density at radius 1 is 1.14 bits per heavy atom. The molecule has 6 heteroatoms. The minimum atomic E-state index is 0.197. The standard InChI is InChI=1S/C16H12Cl2N2O2/c1-10-4-2-3-5-14(10)21-9-15-19-16(20-22-15)12-7-6-11(17)8-13(12)18/h2-8H,9H2,1H3. The van der Waals surface area contributed by atoms with E-state index in [1.165, 1.54) is 0 Å². The molecule has 0 radical (unpaired) electrons. The van der Waals surface area contributed by atoms with Gasteiger partial charge >= 0.3 is 0 Å². The third-order valence-electron chi connectivity index (χ3n) is 3.08. The highest BCUT2D eigenvalue weighted by Crippen LogP contribution is 2.28. The van der Waals surface area contributed by atoms with Crippen LogP contribution in [0.1, 0.15) is 11.5 Å². The summed E-state index contributed by atoms with van der Waals surface area (Å²) in [6.07, 6.45) is 0. The molecule has 112 valence electrons. The van der Waals surface area contributed by atoms with Crippen LogP contribution in [-0.2, 0) is 6.61 Å². The van der Waals surface area contributed by atoms with Gasteiger partial charge < -0.3 is 9.26 Å². The number of hydrogen-bond acceptors (Lipinski definition) is 4. The molecular formula is C16H12Cl2N2O2. The summed E-state index contributed by atoms with van der Waals surface area (Å²) in [5.41, 5.74) is 1.71. The smallest absolute Gasteiger partial charge is 0.264 e. The number of rotatable bonds is 4. The van der Waals surface area contributed by atoms with Gasteiger partial charge in [-0.1, -0.05) is 46.6 Å². The van der Waals surface area contributed by atoms with Gasteiger partial charge in [-0.05, 0) is 36.8 Å². The molecule has 2 aromatic carbocycles. The lowest BCUT2D eigenvalue weighted by atomic mass is 10.2. The van der Waals surface area contributed by atoms with Gasteiger partial charge in [0.15, 0.2) is 6.61 Å². The molecule has 0 saturated heterocycles. The molecule has 0 fully saturated rings. The van der Waals surface area contributed by atoms with Crippen LogP contribution in [-0.4, -0.2) is 10.1 Å². The van der Waals surface area contributed by atoms with Crippen molar-refractivity contribution in [1.82, 2.24) is 10.1 Å². The normalized spacial score (nSPS) is 10.7. The highest BCUT2D eigenvalue weighted by molar-refractivity contribution is 6.36. The molecular weight excluding hydrogens is 323 g/mol. The van der Waals surface area contributed by atoms with E-state index >= 15 is 0 Å². The minimum Gasteiger partial charge on any atom is -0.483 e. The van der Waals surface area contributed by atoms with Crippen LogP contribution in [0.2, 0.25) is 10.0 Å². The molecule has 22 heavy (non-hydrogen) atoms. The van der Waals surface area contributed by atoms with E-state index in [1.54, 1.807) is 18.2 Å². The van der Waals surface area contributed by atoms with Gasteiger partial charge in [0, 0.05) is 10.6 Å². The molecule has 3 rings (SSSR count). The molecule has 0 bridgehead atoms. The van der Waals surface area contributed by atoms with Crippen LogP contribution in [0.5, 0.6) is 5.75 Å². The second-order valence-electron chi connectivity index (χ2n) is 4.69. The SMILES string of the molecule is Cc1ccccc1OCc1nc(-c2ccc(Cl)cc2Cl)no1. The molecule has 0 amide bonds. The second-order valence-corrected chi connectivity index (χ2v) is 5.53. The largest absolute Gasteiger partial charge is 0.483 e. The number of aryl methyl sites for hydroxylation is 1. The van der Waals surface area contributed by atoms with Crippen molar-refractivity contribution in [3.05, 3.63) is 64.0 Å². The fourth-order valence-electron chi connectivity index (χ4n) is 1.95. The van der Waals surface area contributed by atoms with E-state index in [0.29, 0.717) is 27.3 Å². The lowest BCUT2D eigenvalue weighted by molar-refractivity contribution is 0.242. The second kappa shape index (κ2) is 6.38.